The molecule has 1 rings (SSSR count). The first-order valence-corrected chi connectivity index (χ1v) is 12.6. The van der Waals surface area contributed by atoms with Gasteiger partial charge in [-0.2, -0.15) is 0 Å². The van der Waals surface area contributed by atoms with Crippen LogP contribution in [0, 0.1) is 17.8 Å². The van der Waals surface area contributed by atoms with Crippen LogP contribution in [0.15, 0.2) is 18.2 Å². The lowest BCUT2D eigenvalue weighted by atomic mass is 9.97. The number of hydrogen-bond acceptors (Lipinski definition) is 6. The number of benzene rings is 1. The molecular formula is C27H44O6. The van der Waals surface area contributed by atoms with E-state index in [-0.39, 0.29) is 24.0 Å². The van der Waals surface area contributed by atoms with Crippen LogP contribution in [0.5, 0.6) is 11.5 Å². The molecule has 1 aromatic rings. The number of unbranched alkanes of at least 4 members (excludes halogenated alkanes) is 2. The predicted octanol–water partition coefficient (Wildman–Crippen LogP) is 6.08. The number of phenols is 1. The Balaban J connectivity index is 2.92. The van der Waals surface area contributed by atoms with Crippen molar-refractivity contribution in [3.8, 4) is 11.5 Å². The number of ether oxygens (including phenoxy) is 3. The van der Waals surface area contributed by atoms with Crippen LogP contribution in [-0.2, 0) is 25.5 Å². The van der Waals surface area contributed by atoms with Gasteiger partial charge in [0.2, 0.25) is 0 Å². The highest BCUT2D eigenvalue weighted by molar-refractivity contribution is 5.95. The Hall–Kier alpha value is -2.24. The van der Waals surface area contributed by atoms with Crippen molar-refractivity contribution >= 4 is 11.9 Å². The Morgan fingerprint density at radius 3 is 1.82 bits per heavy atom. The maximum atomic E-state index is 13.0. The number of rotatable bonds is 17. The van der Waals surface area contributed by atoms with Gasteiger partial charge in [0, 0.05) is 0 Å². The van der Waals surface area contributed by atoms with Gasteiger partial charge in [-0.3, -0.25) is 9.59 Å². The van der Waals surface area contributed by atoms with E-state index in [2.05, 4.69) is 27.7 Å². The SMILES string of the molecule is CCCCC(CC)COC(=O)C(Cc1ccc(O)c(OC)c1)C(=O)OCC(CC)CCCC. The lowest BCUT2D eigenvalue weighted by molar-refractivity contribution is -0.163. The molecule has 0 heterocycles. The van der Waals surface area contributed by atoms with Crippen molar-refractivity contribution in [1.29, 1.82) is 0 Å². The van der Waals surface area contributed by atoms with Crippen molar-refractivity contribution < 1.29 is 28.9 Å². The molecular weight excluding hydrogens is 420 g/mol. The highest BCUT2D eigenvalue weighted by Gasteiger charge is 2.31. The maximum absolute atomic E-state index is 13.0. The van der Waals surface area contributed by atoms with Gasteiger partial charge in [-0.1, -0.05) is 72.3 Å². The van der Waals surface area contributed by atoms with Crippen LogP contribution >= 0.6 is 0 Å². The molecule has 6 nitrogen and oxygen atoms in total. The normalized spacial score (nSPS) is 13.7. The maximum Gasteiger partial charge on any atom is 0.320 e. The molecule has 6 heteroatoms. The Morgan fingerprint density at radius 2 is 1.39 bits per heavy atom. The molecule has 0 amide bonds. The van der Waals surface area contributed by atoms with Gasteiger partial charge in [0.15, 0.2) is 17.4 Å². The summed E-state index contributed by atoms with van der Waals surface area (Å²) < 4.78 is 16.4. The average molecular weight is 465 g/mol. The zero-order valence-corrected chi connectivity index (χ0v) is 21.2. The van der Waals surface area contributed by atoms with Gasteiger partial charge in [-0.25, -0.2) is 0 Å². The number of esters is 2. The Bertz CT molecular complexity index is 670. The van der Waals surface area contributed by atoms with E-state index in [9.17, 15) is 14.7 Å². The van der Waals surface area contributed by atoms with Crippen molar-refractivity contribution in [2.75, 3.05) is 20.3 Å². The van der Waals surface area contributed by atoms with Crippen LogP contribution in [0.2, 0.25) is 0 Å². The number of carbonyl (C=O) groups excluding carboxylic acids is 2. The summed E-state index contributed by atoms with van der Waals surface area (Å²) in [6, 6.07) is 4.81. The Kier molecular flexibility index (Phi) is 14.3. The number of carbonyl (C=O) groups is 2. The second kappa shape index (κ2) is 16.4. The van der Waals surface area contributed by atoms with E-state index in [0.29, 0.717) is 24.5 Å². The first-order chi connectivity index (χ1) is 15.9. The molecule has 0 aliphatic heterocycles. The van der Waals surface area contributed by atoms with E-state index < -0.39 is 17.9 Å². The summed E-state index contributed by atoms with van der Waals surface area (Å²) in [4.78, 5) is 26.0. The molecule has 0 bridgehead atoms. The number of aromatic hydroxyl groups is 1. The highest BCUT2D eigenvalue weighted by Crippen LogP contribution is 2.28. The number of methoxy groups -OCH3 is 1. The molecule has 0 aromatic heterocycles. The van der Waals surface area contributed by atoms with Crippen molar-refractivity contribution in [1.82, 2.24) is 0 Å². The van der Waals surface area contributed by atoms with Gasteiger partial charge in [-0.05, 0) is 48.8 Å². The third-order valence-corrected chi connectivity index (χ3v) is 6.26. The van der Waals surface area contributed by atoms with Crippen LogP contribution in [0.1, 0.15) is 84.6 Å². The minimum absolute atomic E-state index is 0.00590. The molecule has 1 N–H and O–H groups in total. The lowest BCUT2D eigenvalue weighted by Gasteiger charge is -2.20. The van der Waals surface area contributed by atoms with Crippen molar-refractivity contribution in [3.05, 3.63) is 23.8 Å². The van der Waals surface area contributed by atoms with Gasteiger partial charge in [0.25, 0.3) is 0 Å². The topological polar surface area (TPSA) is 82.1 Å². The molecule has 0 saturated carbocycles. The summed E-state index contributed by atoms with van der Waals surface area (Å²) in [5.74, 6) is -1.27. The third-order valence-electron chi connectivity index (χ3n) is 6.26. The monoisotopic (exact) mass is 464 g/mol. The second-order valence-corrected chi connectivity index (χ2v) is 8.86. The third kappa shape index (κ3) is 10.5. The number of hydrogen-bond donors (Lipinski definition) is 1. The molecule has 0 aliphatic rings. The summed E-state index contributed by atoms with van der Waals surface area (Å²) in [6.45, 7) is 9.08. The summed E-state index contributed by atoms with van der Waals surface area (Å²) in [7, 11) is 1.46. The lowest BCUT2D eigenvalue weighted by Crippen LogP contribution is -2.32. The molecule has 0 aliphatic carbocycles. The minimum Gasteiger partial charge on any atom is -0.504 e. The fraction of sp³-hybridized carbons (Fsp3) is 0.704. The molecule has 0 fully saturated rings. The summed E-state index contributed by atoms with van der Waals surface area (Å²) in [5.41, 5.74) is 0.694. The second-order valence-electron chi connectivity index (χ2n) is 8.86. The largest absolute Gasteiger partial charge is 0.504 e. The van der Waals surface area contributed by atoms with E-state index in [1.165, 1.54) is 13.2 Å². The van der Waals surface area contributed by atoms with Crippen LogP contribution in [-0.4, -0.2) is 37.4 Å². The molecule has 188 valence electrons. The molecule has 33 heavy (non-hydrogen) atoms. The minimum atomic E-state index is -1.05. The van der Waals surface area contributed by atoms with E-state index in [1.54, 1.807) is 12.1 Å². The molecule has 1 aromatic carbocycles. The molecule has 0 radical (unpaired) electrons. The van der Waals surface area contributed by atoms with Crippen LogP contribution < -0.4 is 4.74 Å². The smallest absolute Gasteiger partial charge is 0.320 e. The van der Waals surface area contributed by atoms with Crippen LogP contribution in [0.4, 0.5) is 0 Å². The predicted molar refractivity (Wildman–Crippen MR) is 130 cm³/mol. The van der Waals surface area contributed by atoms with Gasteiger partial charge in [0.05, 0.1) is 20.3 Å². The molecule has 2 unspecified atom stereocenters. The van der Waals surface area contributed by atoms with Crippen molar-refractivity contribution in [2.24, 2.45) is 17.8 Å². The fourth-order valence-electron chi connectivity index (χ4n) is 3.74. The van der Waals surface area contributed by atoms with E-state index in [0.717, 1.165) is 51.4 Å². The van der Waals surface area contributed by atoms with Gasteiger partial charge in [0.1, 0.15) is 0 Å². The average Bonchev–Trinajstić information content (AvgIpc) is 2.83. The fourth-order valence-corrected chi connectivity index (χ4v) is 3.74. The molecule has 2 atom stereocenters. The van der Waals surface area contributed by atoms with E-state index in [4.69, 9.17) is 14.2 Å². The van der Waals surface area contributed by atoms with Gasteiger partial charge >= 0.3 is 11.9 Å². The Morgan fingerprint density at radius 1 is 0.879 bits per heavy atom. The van der Waals surface area contributed by atoms with Crippen LogP contribution in [0.25, 0.3) is 0 Å². The summed E-state index contributed by atoms with van der Waals surface area (Å²) >= 11 is 0. The zero-order valence-electron chi connectivity index (χ0n) is 21.2. The first-order valence-electron chi connectivity index (χ1n) is 12.6. The quantitative estimate of drug-likeness (QED) is 0.222. The van der Waals surface area contributed by atoms with Gasteiger partial charge in [-0.15, -0.1) is 0 Å². The Labute approximate surface area is 200 Å². The summed E-state index contributed by atoms with van der Waals surface area (Å²) in [5, 5.41) is 9.87. The standard InChI is InChI=1S/C27H44O6/c1-6-10-12-20(8-3)18-32-26(29)23(16-22-14-15-24(28)25(17-22)31-5)27(30)33-19-21(9-4)13-11-7-2/h14-15,17,20-21,23,28H,6-13,16,18-19H2,1-5H3. The van der Waals surface area contributed by atoms with Gasteiger partial charge < -0.3 is 19.3 Å². The van der Waals surface area contributed by atoms with E-state index >= 15 is 0 Å². The molecule has 0 spiro atoms. The highest BCUT2D eigenvalue weighted by atomic mass is 16.6. The van der Waals surface area contributed by atoms with Crippen LogP contribution in [0.3, 0.4) is 0 Å². The zero-order chi connectivity index (χ0) is 24.6. The van der Waals surface area contributed by atoms with Crippen molar-refractivity contribution in [2.45, 2.75) is 85.5 Å². The van der Waals surface area contributed by atoms with E-state index in [1.807, 2.05) is 0 Å². The first kappa shape index (κ1) is 28.8. The molecule has 0 saturated heterocycles. The number of phenolic OH excluding ortho intramolecular Hbond substituents is 1. The van der Waals surface area contributed by atoms with Crippen molar-refractivity contribution in [3.63, 3.8) is 0 Å². The summed E-state index contributed by atoms with van der Waals surface area (Å²) in [6.07, 6.45) is 8.35.